The molecular formula is C37H47N7O5. The Morgan fingerprint density at radius 3 is 2.41 bits per heavy atom. The average Bonchev–Trinajstić information content (AvgIpc) is 3.77. The highest BCUT2D eigenvalue weighted by Gasteiger charge is 2.45. The molecule has 0 saturated carbocycles. The van der Waals surface area contributed by atoms with Crippen molar-refractivity contribution in [3.05, 3.63) is 53.3 Å². The SMILES string of the molecule is CN1CCC[C@H]1c1cc2cnc(NC(=O)CCCCCCCCCCCNc3cccc4c3C(=O)N(C3CCC(=O)NC3=O)C4=O)cc2[nH]1. The molecule has 12 heteroatoms. The van der Waals surface area contributed by atoms with Crippen molar-refractivity contribution in [3.8, 4) is 0 Å². The summed E-state index contributed by atoms with van der Waals surface area (Å²) >= 11 is 0. The maximum absolute atomic E-state index is 13.2. The standard InChI is InChI=1S/C37H47N7O5/c1-43-20-12-15-29(43)28-21-24-23-39-31(22-27(24)40-28)41-32(45)16-9-7-5-3-2-4-6-8-10-19-38-26-14-11-13-25-34(26)37(49)44(36(25)48)30-17-18-33(46)42-35(30)47/h11,13-14,21-23,29-30,38,40H,2-10,12,15-20H2,1H3,(H,39,41,45)(H,42,46,47)/t29-,30?/m0/s1. The zero-order chi connectivity index (χ0) is 34.3. The molecule has 2 aromatic heterocycles. The number of unbranched alkanes of at least 4 members (excludes halogenated alkanes) is 8. The molecule has 49 heavy (non-hydrogen) atoms. The van der Waals surface area contributed by atoms with E-state index in [1.807, 2.05) is 12.3 Å². The predicted molar refractivity (Wildman–Crippen MR) is 187 cm³/mol. The first-order valence-electron chi connectivity index (χ1n) is 17.9. The zero-order valence-corrected chi connectivity index (χ0v) is 28.3. The van der Waals surface area contributed by atoms with Crippen LogP contribution in [0, 0.1) is 0 Å². The third-order valence-corrected chi connectivity index (χ3v) is 10.0. The molecule has 2 atom stereocenters. The fourth-order valence-electron chi connectivity index (χ4n) is 7.34. The Labute approximate surface area is 286 Å². The van der Waals surface area contributed by atoms with E-state index in [-0.39, 0.29) is 24.3 Å². The fourth-order valence-corrected chi connectivity index (χ4v) is 7.34. The number of rotatable bonds is 16. The molecule has 4 N–H and O–H groups in total. The van der Waals surface area contributed by atoms with Crippen molar-refractivity contribution in [2.24, 2.45) is 0 Å². The number of fused-ring (bicyclic) bond motifs is 2. The number of carbonyl (C=O) groups is 5. The Hall–Kier alpha value is -4.58. The topological polar surface area (TPSA) is 157 Å². The molecule has 5 amide bonds. The number of imide groups is 2. The highest BCUT2D eigenvalue weighted by Crippen LogP contribution is 2.33. The number of benzene rings is 1. The summed E-state index contributed by atoms with van der Waals surface area (Å²) in [5.74, 6) is -1.39. The number of aromatic amines is 1. The maximum Gasteiger partial charge on any atom is 0.264 e. The molecule has 2 saturated heterocycles. The summed E-state index contributed by atoms with van der Waals surface area (Å²) in [6.07, 6.45) is 14.5. The number of nitrogens with zero attached hydrogens (tertiary/aromatic N) is 3. The van der Waals surface area contributed by atoms with Gasteiger partial charge in [0.05, 0.1) is 16.6 Å². The summed E-state index contributed by atoms with van der Waals surface area (Å²) in [4.78, 5) is 74.0. The largest absolute Gasteiger partial charge is 0.384 e. The number of amides is 5. The van der Waals surface area contributed by atoms with Gasteiger partial charge in [0.2, 0.25) is 17.7 Å². The molecule has 0 aliphatic carbocycles. The number of carbonyl (C=O) groups excluding carboxylic acids is 5. The fraction of sp³-hybridized carbons (Fsp3) is 0.514. The number of aromatic nitrogens is 2. The lowest BCUT2D eigenvalue weighted by molar-refractivity contribution is -0.136. The van der Waals surface area contributed by atoms with Gasteiger partial charge in [-0.3, -0.25) is 39.1 Å². The van der Waals surface area contributed by atoms with Crippen LogP contribution in [0.2, 0.25) is 0 Å². The summed E-state index contributed by atoms with van der Waals surface area (Å²) in [6, 6.07) is 8.67. The van der Waals surface area contributed by atoms with E-state index in [0.29, 0.717) is 36.1 Å². The highest BCUT2D eigenvalue weighted by molar-refractivity contribution is 6.25. The number of likely N-dealkylation sites (tertiary alicyclic amines) is 1. The van der Waals surface area contributed by atoms with Gasteiger partial charge in [-0.1, -0.05) is 51.0 Å². The van der Waals surface area contributed by atoms with Crippen LogP contribution in [-0.4, -0.2) is 75.5 Å². The van der Waals surface area contributed by atoms with Gasteiger partial charge in [0.1, 0.15) is 11.9 Å². The first kappa shape index (κ1) is 34.3. The molecule has 260 valence electrons. The van der Waals surface area contributed by atoms with E-state index in [1.165, 1.54) is 12.1 Å². The van der Waals surface area contributed by atoms with Crippen LogP contribution in [0.15, 0.2) is 36.5 Å². The van der Waals surface area contributed by atoms with Gasteiger partial charge in [0, 0.05) is 54.5 Å². The van der Waals surface area contributed by atoms with Crippen molar-refractivity contribution >= 4 is 51.9 Å². The third kappa shape index (κ3) is 8.01. The minimum absolute atomic E-state index is 0.00540. The maximum atomic E-state index is 13.2. The van der Waals surface area contributed by atoms with E-state index in [4.69, 9.17) is 0 Å². The molecule has 1 unspecified atom stereocenters. The second-order valence-electron chi connectivity index (χ2n) is 13.6. The number of nitrogens with one attached hydrogen (secondary N) is 4. The molecule has 0 spiro atoms. The van der Waals surface area contributed by atoms with Gasteiger partial charge in [-0.2, -0.15) is 0 Å². The lowest BCUT2D eigenvalue weighted by Gasteiger charge is -2.27. The summed E-state index contributed by atoms with van der Waals surface area (Å²) in [5, 5.41) is 9.57. The lowest BCUT2D eigenvalue weighted by Crippen LogP contribution is -2.54. The molecule has 5 heterocycles. The number of piperidine rings is 1. The van der Waals surface area contributed by atoms with Crippen LogP contribution < -0.4 is 16.0 Å². The molecule has 3 aliphatic heterocycles. The van der Waals surface area contributed by atoms with Crippen LogP contribution in [0.1, 0.15) is 122 Å². The van der Waals surface area contributed by atoms with E-state index < -0.39 is 29.7 Å². The first-order chi connectivity index (χ1) is 23.8. The summed E-state index contributed by atoms with van der Waals surface area (Å²) < 4.78 is 0. The molecule has 0 bridgehead atoms. The monoisotopic (exact) mass is 669 g/mol. The van der Waals surface area contributed by atoms with E-state index >= 15 is 0 Å². The van der Waals surface area contributed by atoms with Crippen LogP contribution in [0.4, 0.5) is 11.5 Å². The normalized spacial score (nSPS) is 19.5. The van der Waals surface area contributed by atoms with Gasteiger partial charge in [0.25, 0.3) is 11.8 Å². The van der Waals surface area contributed by atoms with Crippen LogP contribution >= 0.6 is 0 Å². The predicted octanol–water partition coefficient (Wildman–Crippen LogP) is 5.68. The van der Waals surface area contributed by atoms with E-state index in [2.05, 4.69) is 43.9 Å². The molecule has 12 nitrogen and oxygen atoms in total. The van der Waals surface area contributed by atoms with Gasteiger partial charge < -0.3 is 15.6 Å². The average molecular weight is 670 g/mol. The first-order valence-corrected chi connectivity index (χ1v) is 17.9. The van der Waals surface area contributed by atoms with Crippen molar-refractivity contribution < 1.29 is 24.0 Å². The van der Waals surface area contributed by atoms with Crippen molar-refractivity contribution in [1.29, 1.82) is 0 Å². The minimum Gasteiger partial charge on any atom is -0.384 e. The molecule has 6 rings (SSSR count). The molecule has 3 aromatic rings. The highest BCUT2D eigenvalue weighted by atomic mass is 16.2. The summed E-state index contributed by atoms with van der Waals surface area (Å²) in [5.41, 5.74) is 3.40. The summed E-state index contributed by atoms with van der Waals surface area (Å²) in [6.45, 7) is 1.79. The number of pyridine rings is 1. The van der Waals surface area contributed by atoms with Crippen molar-refractivity contribution in [2.75, 3.05) is 30.8 Å². The van der Waals surface area contributed by atoms with Crippen LogP contribution in [0.3, 0.4) is 0 Å². The van der Waals surface area contributed by atoms with E-state index in [9.17, 15) is 24.0 Å². The van der Waals surface area contributed by atoms with Crippen LogP contribution in [0.25, 0.3) is 10.9 Å². The van der Waals surface area contributed by atoms with Crippen molar-refractivity contribution in [2.45, 2.75) is 102 Å². The van der Waals surface area contributed by atoms with E-state index in [0.717, 1.165) is 86.6 Å². The third-order valence-electron chi connectivity index (χ3n) is 10.0. The number of hydrogen-bond acceptors (Lipinski definition) is 8. The number of H-pyrrole nitrogens is 1. The zero-order valence-electron chi connectivity index (χ0n) is 28.3. The molecule has 3 aliphatic rings. The second kappa shape index (κ2) is 15.8. The second-order valence-corrected chi connectivity index (χ2v) is 13.6. The quantitative estimate of drug-likeness (QED) is 0.112. The van der Waals surface area contributed by atoms with Gasteiger partial charge in [0.15, 0.2) is 0 Å². The number of anilines is 2. The Balaban J connectivity index is 0.817. The Morgan fingerprint density at radius 2 is 1.67 bits per heavy atom. The molecule has 2 fully saturated rings. The minimum atomic E-state index is -0.969. The Morgan fingerprint density at radius 1 is 0.918 bits per heavy atom. The van der Waals surface area contributed by atoms with Gasteiger partial charge in [-0.05, 0) is 63.9 Å². The van der Waals surface area contributed by atoms with E-state index in [1.54, 1.807) is 18.2 Å². The molecular weight excluding hydrogens is 622 g/mol. The molecule has 1 aromatic carbocycles. The molecule has 0 radical (unpaired) electrons. The van der Waals surface area contributed by atoms with Gasteiger partial charge in [-0.15, -0.1) is 0 Å². The van der Waals surface area contributed by atoms with Gasteiger partial charge >= 0.3 is 0 Å². The van der Waals surface area contributed by atoms with Crippen molar-refractivity contribution in [1.82, 2.24) is 25.1 Å². The van der Waals surface area contributed by atoms with Crippen LogP contribution in [0.5, 0.6) is 0 Å². The number of hydrogen-bond donors (Lipinski definition) is 4. The van der Waals surface area contributed by atoms with Gasteiger partial charge in [-0.25, -0.2) is 4.98 Å². The van der Waals surface area contributed by atoms with Crippen molar-refractivity contribution in [3.63, 3.8) is 0 Å². The smallest absolute Gasteiger partial charge is 0.264 e. The lowest BCUT2D eigenvalue weighted by atomic mass is 10.0. The Bertz CT molecular complexity index is 1720. The summed E-state index contributed by atoms with van der Waals surface area (Å²) in [7, 11) is 2.16. The van der Waals surface area contributed by atoms with Crippen LogP contribution in [-0.2, 0) is 14.4 Å². The Kier molecular flexibility index (Phi) is 11.0.